The number of hydrogen-bond acceptors (Lipinski definition) is 7. The highest BCUT2D eigenvalue weighted by Gasteiger charge is 2.26. The summed E-state index contributed by atoms with van der Waals surface area (Å²) < 4.78 is 12.3. The van der Waals surface area contributed by atoms with E-state index in [-0.39, 0.29) is 11.7 Å². The Morgan fingerprint density at radius 2 is 1.79 bits per heavy atom. The maximum atomic E-state index is 13.5. The van der Waals surface area contributed by atoms with Crippen LogP contribution in [0, 0.1) is 0 Å². The Balaban J connectivity index is 1.69. The van der Waals surface area contributed by atoms with Crippen molar-refractivity contribution in [3.8, 4) is 28.4 Å². The number of β-amino-alcohol motifs (C(OH)–C–C–N with tert-alkyl or cyclic N) is 1. The number of aliphatic hydroxyl groups is 1. The Morgan fingerprint density at radius 1 is 1.06 bits per heavy atom. The zero-order valence-corrected chi connectivity index (χ0v) is 18.9. The van der Waals surface area contributed by atoms with Crippen LogP contribution in [-0.2, 0) is 12.8 Å². The zero-order chi connectivity index (χ0) is 23.1. The molecule has 5 rings (SSSR count). The molecule has 2 aromatic carbocycles. The number of hydrogen-bond donors (Lipinski definition) is 2. The molecule has 1 saturated heterocycles. The van der Waals surface area contributed by atoms with Gasteiger partial charge in [-0.25, -0.2) is 0 Å². The summed E-state index contributed by atoms with van der Waals surface area (Å²) in [6, 6.07) is 11.2. The lowest BCUT2D eigenvalue weighted by Gasteiger charge is -2.20. The van der Waals surface area contributed by atoms with Crippen LogP contribution in [0.5, 0.6) is 11.5 Å². The lowest BCUT2D eigenvalue weighted by molar-refractivity contribution is 0.198. The number of benzene rings is 2. The largest absolute Gasteiger partial charge is 0.497 e. The smallest absolute Gasteiger partial charge is 0.275 e. The molecule has 2 aliphatic rings. The normalized spacial score (nSPS) is 17.3. The maximum Gasteiger partial charge on any atom is 0.275 e. The van der Waals surface area contributed by atoms with Gasteiger partial charge >= 0.3 is 0 Å². The van der Waals surface area contributed by atoms with Crippen LogP contribution in [0.4, 0.5) is 11.4 Å². The molecule has 3 N–H and O–H groups in total. The van der Waals surface area contributed by atoms with Gasteiger partial charge in [-0.15, -0.1) is 0 Å². The third-order valence-corrected chi connectivity index (χ3v) is 6.55. The van der Waals surface area contributed by atoms with Crippen LogP contribution in [0.15, 0.2) is 41.2 Å². The molecule has 1 atom stereocenters. The molecule has 2 heterocycles. The fourth-order valence-electron chi connectivity index (χ4n) is 4.80. The number of nitrogen functional groups attached to an aromatic ring is 1. The van der Waals surface area contributed by atoms with Gasteiger partial charge in [-0.2, -0.15) is 9.78 Å². The summed E-state index contributed by atoms with van der Waals surface area (Å²) in [6.07, 6.45) is 2.79. The quantitative estimate of drug-likeness (QED) is 0.578. The number of aromatic nitrogens is 2. The lowest BCUT2D eigenvalue weighted by atomic mass is 10.0. The summed E-state index contributed by atoms with van der Waals surface area (Å²) in [5, 5.41) is 14.8. The van der Waals surface area contributed by atoms with E-state index in [1.165, 1.54) is 4.68 Å². The molecule has 8 heteroatoms. The van der Waals surface area contributed by atoms with Crippen LogP contribution in [0.25, 0.3) is 16.9 Å². The van der Waals surface area contributed by atoms with Crippen molar-refractivity contribution in [2.45, 2.75) is 31.8 Å². The van der Waals surface area contributed by atoms with Crippen LogP contribution >= 0.6 is 0 Å². The Bertz CT molecular complexity index is 1250. The van der Waals surface area contributed by atoms with Gasteiger partial charge in [0.25, 0.3) is 5.56 Å². The maximum absolute atomic E-state index is 13.5. The van der Waals surface area contributed by atoms with E-state index in [0.717, 1.165) is 53.9 Å². The van der Waals surface area contributed by atoms with Crippen LogP contribution in [0.3, 0.4) is 0 Å². The summed E-state index contributed by atoms with van der Waals surface area (Å²) in [4.78, 5) is 15.6. The summed E-state index contributed by atoms with van der Waals surface area (Å²) >= 11 is 0. The molecule has 8 nitrogen and oxygen atoms in total. The minimum Gasteiger partial charge on any atom is -0.497 e. The predicted molar refractivity (Wildman–Crippen MR) is 128 cm³/mol. The number of rotatable bonds is 5. The van der Waals surface area contributed by atoms with Crippen LogP contribution in [-0.4, -0.2) is 48.3 Å². The molecule has 0 radical (unpaired) electrons. The monoisotopic (exact) mass is 448 g/mol. The molecule has 172 valence electrons. The molecular weight excluding hydrogens is 420 g/mol. The van der Waals surface area contributed by atoms with E-state index in [2.05, 4.69) is 4.90 Å². The second kappa shape index (κ2) is 8.44. The van der Waals surface area contributed by atoms with Crippen molar-refractivity contribution >= 4 is 11.4 Å². The summed E-state index contributed by atoms with van der Waals surface area (Å²) in [5.41, 5.74) is 11.5. The van der Waals surface area contributed by atoms with Gasteiger partial charge in [0.1, 0.15) is 11.5 Å². The third kappa shape index (κ3) is 3.80. The average Bonchev–Trinajstić information content (AvgIpc) is 3.49. The molecular formula is C25H28N4O4. The van der Waals surface area contributed by atoms with E-state index in [9.17, 15) is 9.90 Å². The Hall–Kier alpha value is -3.52. The summed E-state index contributed by atoms with van der Waals surface area (Å²) in [7, 11) is 3.22. The standard InChI is InChI=1S/C25H28N4O4/c1-32-18-10-15(11-19(13-18)33-2)24-20-4-3-5-21(20)25(31)29(27-24)23-12-16(6-7-22(23)26)28-9-8-17(30)14-28/h6-7,10-13,17,30H,3-5,8-9,14,26H2,1-2H3. The Morgan fingerprint density at radius 3 is 2.45 bits per heavy atom. The van der Waals surface area contributed by atoms with Crippen molar-refractivity contribution in [1.82, 2.24) is 9.78 Å². The highest BCUT2D eigenvalue weighted by Crippen LogP contribution is 2.35. The molecule has 0 spiro atoms. The van der Waals surface area contributed by atoms with Crippen molar-refractivity contribution < 1.29 is 14.6 Å². The van der Waals surface area contributed by atoms with Crippen LogP contribution in [0.1, 0.15) is 24.0 Å². The molecule has 3 aromatic rings. The molecule has 1 fully saturated rings. The van der Waals surface area contributed by atoms with Gasteiger partial charge in [0.05, 0.1) is 37.4 Å². The Kier molecular flexibility index (Phi) is 5.46. The zero-order valence-electron chi connectivity index (χ0n) is 18.9. The number of fused-ring (bicyclic) bond motifs is 1. The van der Waals surface area contributed by atoms with Gasteiger partial charge in [0, 0.05) is 36.0 Å². The molecule has 33 heavy (non-hydrogen) atoms. The number of anilines is 2. The first-order valence-corrected chi connectivity index (χ1v) is 11.2. The average molecular weight is 449 g/mol. The second-order valence-electron chi connectivity index (χ2n) is 8.61. The van der Waals surface area contributed by atoms with Crippen molar-refractivity contribution in [2.75, 3.05) is 37.9 Å². The molecule has 1 aliphatic carbocycles. The van der Waals surface area contributed by atoms with E-state index < -0.39 is 0 Å². The molecule has 0 bridgehead atoms. The number of methoxy groups -OCH3 is 2. The van der Waals surface area contributed by atoms with Crippen molar-refractivity contribution in [3.63, 3.8) is 0 Å². The number of nitrogens with zero attached hydrogens (tertiary/aromatic N) is 3. The van der Waals surface area contributed by atoms with Gasteiger partial charge in [0.2, 0.25) is 0 Å². The molecule has 0 amide bonds. The predicted octanol–water partition coefficient (Wildman–Crippen LogP) is 2.56. The molecule has 1 aliphatic heterocycles. The lowest BCUT2D eigenvalue weighted by Crippen LogP contribution is -2.27. The fourth-order valence-corrected chi connectivity index (χ4v) is 4.80. The van der Waals surface area contributed by atoms with E-state index in [1.807, 2.05) is 30.3 Å². The number of nitrogens with two attached hydrogens (primary N) is 1. The van der Waals surface area contributed by atoms with Gasteiger partial charge < -0.3 is 25.2 Å². The first kappa shape index (κ1) is 21.3. The third-order valence-electron chi connectivity index (χ3n) is 6.55. The van der Waals surface area contributed by atoms with E-state index in [0.29, 0.717) is 35.8 Å². The van der Waals surface area contributed by atoms with Crippen LogP contribution < -0.4 is 25.7 Å². The summed E-state index contributed by atoms with van der Waals surface area (Å²) in [5.74, 6) is 1.31. The highest BCUT2D eigenvalue weighted by atomic mass is 16.5. The number of ether oxygens (including phenoxy) is 2. The van der Waals surface area contributed by atoms with E-state index in [1.54, 1.807) is 20.3 Å². The highest BCUT2D eigenvalue weighted by molar-refractivity contribution is 5.70. The van der Waals surface area contributed by atoms with Crippen molar-refractivity contribution in [3.05, 3.63) is 57.9 Å². The van der Waals surface area contributed by atoms with Crippen LogP contribution in [0.2, 0.25) is 0 Å². The SMILES string of the molecule is COc1cc(OC)cc(-c2nn(-c3cc(N4CCC(O)C4)ccc3N)c(=O)c3c2CCC3)c1. The first-order chi connectivity index (χ1) is 16.0. The molecule has 0 saturated carbocycles. The summed E-state index contributed by atoms with van der Waals surface area (Å²) in [6.45, 7) is 1.32. The second-order valence-corrected chi connectivity index (χ2v) is 8.61. The van der Waals surface area contributed by atoms with Crippen molar-refractivity contribution in [1.29, 1.82) is 0 Å². The first-order valence-electron chi connectivity index (χ1n) is 11.2. The minimum atomic E-state index is -0.346. The minimum absolute atomic E-state index is 0.133. The Labute approximate surface area is 192 Å². The van der Waals surface area contributed by atoms with E-state index in [4.69, 9.17) is 20.3 Å². The topological polar surface area (TPSA) is 103 Å². The van der Waals surface area contributed by atoms with Gasteiger partial charge in [-0.3, -0.25) is 4.79 Å². The van der Waals surface area contributed by atoms with E-state index >= 15 is 0 Å². The van der Waals surface area contributed by atoms with Crippen molar-refractivity contribution in [2.24, 2.45) is 0 Å². The van der Waals surface area contributed by atoms with Gasteiger partial charge in [-0.05, 0) is 61.6 Å². The van der Waals surface area contributed by atoms with Gasteiger partial charge in [-0.1, -0.05) is 0 Å². The number of aliphatic hydroxyl groups excluding tert-OH is 1. The van der Waals surface area contributed by atoms with Gasteiger partial charge in [0.15, 0.2) is 0 Å². The fraction of sp³-hybridized carbons (Fsp3) is 0.360. The molecule has 1 unspecified atom stereocenters. The molecule has 1 aromatic heterocycles.